The van der Waals surface area contributed by atoms with Crippen LogP contribution in [0, 0.1) is 5.92 Å². The predicted molar refractivity (Wildman–Crippen MR) is 143 cm³/mol. The number of carbonyl (C=O) groups excluding carboxylic acids is 1. The molecule has 2 aliphatic heterocycles. The molecule has 7 nitrogen and oxygen atoms in total. The van der Waals surface area contributed by atoms with E-state index in [1.165, 1.54) is 23.3 Å². The van der Waals surface area contributed by atoms with Gasteiger partial charge in [0, 0.05) is 30.3 Å². The van der Waals surface area contributed by atoms with E-state index in [9.17, 15) is 9.90 Å². The van der Waals surface area contributed by atoms with Crippen LogP contribution in [-0.4, -0.2) is 79.4 Å². The first-order chi connectivity index (χ1) is 17.5. The number of esters is 1. The molecular weight excluding hydrogens is 476 g/mol. The smallest absolute Gasteiger partial charge is 0.344 e. The number of unbranched alkanes of at least 4 members (excludes halogenated alkanes) is 2. The largest absolute Gasteiger partial charge is 0.482 e. The van der Waals surface area contributed by atoms with Crippen molar-refractivity contribution in [2.45, 2.75) is 63.5 Å². The van der Waals surface area contributed by atoms with Gasteiger partial charge in [-0.05, 0) is 48.8 Å². The molecule has 200 valence electrons. The van der Waals surface area contributed by atoms with Gasteiger partial charge in [-0.25, -0.2) is 4.79 Å². The highest BCUT2D eigenvalue weighted by Crippen LogP contribution is 2.50. The summed E-state index contributed by atoms with van der Waals surface area (Å²) in [5, 5.41) is 10.4. The second-order valence-corrected chi connectivity index (χ2v) is 11.3. The van der Waals surface area contributed by atoms with Crippen LogP contribution in [0.25, 0.3) is 0 Å². The van der Waals surface area contributed by atoms with Gasteiger partial charge in [-0.2, -0.15) is 0 Å². The maximum atomic E-state index is 12.3. The quantitative estimate of drug-likeness (QED) is 0.322. The SMILES string of the molecule is CCCCCC(O)C/C=C1\SCC2Cc3c(cccc3OCC(=O)OCCN3CCOCC3)CC12N. The number of benzene rings is 1. The number of aliphatic hydroxyl groups excluding tert-OH is 1. The third-order valence-corrected chi connectivity index (χ3v) is 9.05. The molecule has 0 spiro atoms. The zero-order valence-corrected chi connectivity index (χ0v) is 22.4. The number of hydrogen-bond acceptors (Lipinski definition) is 8. The molecule has 0 radical (unpaired) electrons. The van der Waals surface area contributed by atoms with E-state index in [0.717, 1.165) is 75.6 Å². The molecule has 2 heterocycles. The Hall–Kier alpha value is -1.58. The van der Waals surface area contributed by atoms with Crippen molar-refractivity contribution < 1.29 is 24.1 Å². The number of nitrogens with two attached hydrogens (primary N) is 1. The molecule has 0 amide bonds. The number of morpholine rings is 1. The van der Waals surface area contributed by atoms with Crippen molar-refractivity contribution in [3.8, 4) is 5.75 Å². The van der Waals surface area contributed by atoms with E-state index in [1.54, 1.807) is 0 Å². The van der Waals surface area contributed by atoms with Crippen LogP contribution in [0.2, 0.25) is 0 Å². The molecule has 0 bridgehead atoms. The Morgan fingerprint density at radius 2 is 2.19 bits per heavy atom. The monoisotopic (exact) mass is 518 g/mol. The molecule has 1 aliphatic carbocycles. The van der Waals surface area contributed by atoms with Crippen molar-refractivity contribution in [1.29, 1.82) is 0 Å². The zero-order valence-electron chi connectivity index (χ0n) is 21.6. The summed E-state index contributed by atoms with van der Waals surface area (Å²) in [4.78, 5) is 15.7. The lowest BCUT2D eigenvalue weighted by Gasteiger charge is -2.38. The first-order valence-electron chi connectivity index (χ1n) is 13.5. The molecule has 4 rings (SSSR count). The topological polar surface area (TPSA) is 94.2 Å². The molecule has 1 aromatic rings. The average molecular weight is 519 g/mol. The average Bonchev–Trinajstić information content (AvgIpc) is 3.20. The minimum atomic E-state index is -0.391. The van der Waals surface area contributed by atoms with Gasteiger partial charge in [-0.3, -0.25) is 4.90 Å². The zero-order chi connectivity index (χ0) is 25.4. The van der Waals surface area contributed by atoms with Gasteiger partial charge in [-0.1, -0.05) is 44.4 Å². The maximum absolute atomic E-state index is 12.3. The van der Waals surface area contributed by atoms with Gasteiger partial charge in [0.05, 0.1) is 24.9 Å². The summed E-state index contributed by atoms with van der Waals surface area (Å²) in [6.45, 7) is 6.40. The summed E-state index contributed by atoms with van der Waals surface area (Å²) in [6.07, 6.45) is 8.38. The molecule has 8 heteroatoms. The molecule has 3 unspecified atom stereocenters. The Balaban J connectivity index is 1.30. The van der Waals surface area contributed by atoms with E-state index in [0.29, 0.717) is 18.9 Å². The lowest BCUT2D eigenvalue weighted by atomic mass is 9.71. The van der Waals surface area contributed by atoms with E-state index in [-0.39, 0.29) is 18.7 Å². The lowest BCUT2D eigenvalue weighted by molar-refractivity contribution is -0.146. The van der Waals surface area contributed by atoms with E-state index >= 15 is 0 Å². The maximum Gasteiger partial charge on any atom is 0.344 e. The fraction of sp³-hybridized carbons (Fsp3) is 0.679. The highest BCUT2D eigenvalue weighted by Gasteiger charge is 2.47. The Kier molecular flexibility index (Phi) is 10.1. The number of hydrogen-bond donors (Lipinski definition) is 2. The first-order valence-corrected chi connectivity index (χ1v) is 14.5. The number of fused-ring (bicyclic) bond motifs is 2. The van der Waals surface area contributed by atoms with Crippen molar-refractivity contribution in [3.05, 3.63) is 40.3 Å². The molecular formula is C28H42N2O5S. The summed E-state index contributed by atoms with van der Waals surface area (Å²) in [7, 11) is 0. The van der Waals surface area contributed by atoms with Crippen LogP contribution in [0.15, 0.2) is 29.2 Å². The van der Waals surface area contributed by atoms with Crippen LogP contribution in [0.4, 0.5) is 0 Å². The summed E-state index contributed by atoms with van der Waals surface area (Å²) in [5.41, 5.74) is 8.97. The van der Waals surface area contributed by atoms with Gasteiger partial charge in [0.1, 0.15) is 12.4 Å². The summed E-state index contributed by atoms with van der Waals surface area (Å²) < 4.78 is 16.7. The minimum Gasteiger partial charge on any atom is -0.482 e. The molecule has 0 saturated carbocycles. The second-order valence-electron chi connectivity index (χ2n) is 10.2. The number of aliphatic hydroxyl groups is 1. The molecule has 3 N–H and O–H groups in total. The van der Waals surface area contributed by atoms with Crippen LogP contribution in [0.1, 0.15) is 50.2 Å². The van der Waals surface area contributed by atoms with Crippen LogP contribution < -0.4 is 10.5 Å². The van der Waals surface area contributed by atoms with Crippen LogP contribution in [0.3, 0.4) is 0 Å². The molecule has 3 aliphatic rings. The fourth-order valence-corrected chi connectivity index (χ4v) is 6.90. The Bertz CT molecular complexity index is 904. The number of nitrogens with zero attached hydrogens (tertiary/aromatic N) is 1. The normalized spacial score (nSPS) is 25.9. The highest BCUT2D eigenvalue weighted by molar-refractivity contribution is 8.03. The Morgan fingerprint density at radius 1 is 1.36 bits per heavy atom. The van der Waals surface area contributed by atoms with Crippen LogP contribution >= 0.6 is 11.8 Å². The molecule has 36 heavy (non-hydrogen) atoms. The molecule has 1 aromatic carbocycles. The fourth-order valence-electron chi connectivity index (χ4n) is 5.38. The minimum absolute atomic E-state index is 0.0895. The van der Waals surface area contributed by atoms with E-state index in [2.05, 4.69) is 24.0 Å². The standard InChI is InChI=1S/C28H42N2O5S/c1-2-3-4-7-23(31)9-10-26-28(29)18-21-6-5-8-25(24(21)17-22(28)20-36-26)35-19-27(32)34-16-13-30-11-14-33-15-12-30/h5-6,8,10,22-23,31H,2-4,7,9,11-20,29H2,1H3/b26-10-. The van der Waals surface area contributed by atoms with Gasteiger partial charge in [0.2, 0.25) is 0 Å². The van der Waals surface area contributed by atoms with Crippen molar-refractivity contribution in [1.82, 2.24) is 4.90 Å². The molecule has 2 saturated heterocycles. The summed E-state index contributed by atoms with van der Waals surface area (Å²) in [5.74, 6) is 1.69. The third kappa shape index (κ3) is 7.04. The van der Waals surface area contributed by atoms with Gasteiger partial charge < -0.3 is 25.1 Å². The van der Waals surface area contributed by atoms with Crippen molar-refractivity contribution in [3.63, 3.8) is 0 Å². The van der Waals surface area contributed by atoms with Crippen molar-refractivity contribution in [2.24, 2.45) is 11.7 Å². The van der Waals surface area contributed by atoms with Gasteiger partial charge in [0.25, 0.3) is 0 Å². The second kappa shape index (κ2) is 13.3. The van der Waals surface area contributed by atoms with Crippen molar-refractivity contribution >= 4 is 17.7 Å². The van der Waals surface area contributed by atoms with Gasteiger partial charge in [0.15, 0.2) is 6.61 Å². The predicted octanol–water partition coefficient (Wildman–Crippen LogP) is 3.32. The van der Waals surface area contributed by atoms with E-state index < -0.39 is 5.54 Å². The van der Waals surface area contributed by atoms with Gasteiger partial charge >= 0.3 is 5.97 Å². The summed E-state index contributed by atoms with van der Waals surface area (Å²) in [6, 6.07) is 6.04. The van der Waals surface area contributed by atoms with Crippen molar-refractivity contribution in [2.75, 3.05) is 51.8 Å². The number of ether oxygens (including phenoxy) is 3. The van der Waals surface area contributed by atoms with E-state index in [4.69, 9.17) is 19.9 Å². The van der Waals surface area contributed by atoms with Gasteiger partial charge in [-0.15, -0.1) is 11.8 Å². The lowest BCUT2D eigenvalue weighted by Crippen LogP contribution is -2.51. The Labute approximate surface area is 219 Å². The first kappa shape index (κ1) is 27.5. The third-order valence-electron chi connectivity index (χ3n) is 7.63. The van der Waals surface area contributed by atoms with Crippen LogP contribution in [0.5, 0.6) is 5.75 Å². The van der Waals surface area contributed by atoms with E-state index in [1.807, 2.05) is 23.9 Å². The molecule has 0 aromatic heterocycles. The summed E-state index contributed by atoms with van der Waals surface area (Å²) >= 11 is 1.83. The molecule has 2 fully saturated rings. The number of rotatable bonds is 12. The number of carbonyl (C=O) groups is 1. The number of thioether (sulfide) groups is 1. The highest BCUT2D eigenvalue weighted by atomic mass is 32.2. The Morgan fingerprint density at radius 3 is 3.00 bits per heavy atom. The van der Waals surface area contributed by atoms with Crippen LogP contribution in [-0.2, 0) is 27.1 Å². The molecule has 3 atom stereocenters.